The molecule has 0 bridgehead atoms. The number of rotatable bonds is 9. The van der Waals surface area contributed by atoms with Crippen LogP contribution in [-0.4, -0.2) is 80.4 Å². The fourth-order valence-corrected chi connectivity index (χ4v) is 7.53. The lowest BCUT2D eigenvalue weighted by Gasteiger charge is -2.39. The van der Waals surface area contributed by atoms with Crippen molar-refractivity contribution < 1.29 is 27.5 Å². The third-order valence-electron chi connectivity index (χ3n) is 8.73. The number of nitrogens with zero attached hydrogens (tertiary/aromatic N) is 4. The van der Waals surface area contributed by atoms with Gasteiger partial charge in [-0.15, -0.1) is 0 Å². The molecule has 10 nitrogen and oxygen atoms in total. The summed E-state index contributed by atoms with van der Waals surface area (Å²) in [6, 6.07) is 6.98. The summed E-state index contributed by atoms with van der Waals surface area (Å²) >= 11 is 0. The van der Waals surface area contributed by atoms with Crippen LogP contribution in [0.5, 0.6) is 5.88 Å². The van der Waals surface area contributed by atoms with Crippen molar-refractivity contribution in [3.63, 3.8) is 0 Å². The number of aromatic nitrogens is 2. The van der Waals surface area contributed by atoms with Crippen molar-refractivity contribution in [3.8, 4) is 5.88 Å². The average molecular weight is 605 g/mol. The number of sulfone groups is 1. The van der Waals surface area contributed by atoms with Crippen LogP contribution in [0.25, 0.3) is 0 Å². The first-order valence-electron chi connectivity index (χ1n) is 14.3. The number of piperidine rings is 1. The van der Waals surface area contributed by atoms with Crippen molar-refractivity contribution in [3.05, 3.63) is 36.2 Å². The van der Waals surface area contributed by atoms with Crippen LogP contribution in [0.1, 0.15) is 53.0 Å². The Morgan fingerprint density at radius 1 is 1.17 bits per heavy atom. The number of hydrogen-bond acceptors (Lipinski definition) is 8. The third-order valence-corrected chi connectivity index (χ3v) is 14.9. The van der Waals surface area contributed by atoms with Crippen LogP contribution in [0.15, 0.2) is 35.5 Å². The van der Waals surface area contributed by atoms with Gasteiger partial charge in [0.1, 0.15) is 18.2 Å². The van der Waals surface area contributed by atoms with Crippen molar-refractivity contribution in [2.45, 2.75) is 89.1 Å². The molecular formula is C29H44N4O6SSi. The van der Waals surface area contributed by atoms with Crippen molar-refractivity contribution in [1.29, 1.82) is 0 Å². The minimum absolute atomic E-state index is 0.0220. The number of carbonyl (C=O) groups is 1. The molecule has 0 spiro atoms. The second kappa shape index (κ2) is 11.9. The second-order valence-electron chi connectivity index (χ2n) is 12.9. The van der Waals surface area contributed by atoms with Crippen molar-refractivity contribution >= 4 is 35.8 Å². The van der Waals surface area contributed by atoms with E-state index in [4.69, 9.17) is 9.16 Å². The van der Waals surface area contributed by atoms with Gasteiger partial charge in [-0.05, 0) is 54.2 Å². The van der Waals surface area contributed by atoms with Gasteiger partial charge in [0.15, 0.2) is 18.2 Å². The fraction of sp³-hybridized carbons (Fsp3) is 0.621. The molecule has 2 unspecified atom stereocenters. The second-order valence-corrected chi connectivity index (χ2v) is 19.8. The Kier molecular flexibility index (Phi) is 9.06. The monoisotopic (exact) mass is 604 g/mol. The number of carboxylic acid groups (broad SMARTS) is 1. The molecule has 1 saturated heterocycles. The summed E-state index contributed by atoms with van der Waals surface area (Å²) in [6.07, 6.45) is 2.34. The summed E-state index contributed by atoms with van der Waals surface area (Å²) in [5.74, 6) is 1.26. The Morgan fingerprint density at radius 2 is 1.90 bits per heavy atom. The Bertz CT molecular complexity index is 1360. The summed E-state index contributed by atoms with van der Waals surface area (Å²) in [6.45, 7) is 16.0. The highest BCUT2D eigenvalue weighted by Crippen LogP contribution is 2.38. The molecule has 12 heteroatoms. The maximum Gasteiger partial charge on any atom is 0.407 e. The van der Waals surface area contributed by atoms with E-state index in [1.807, 2.05) is 24.8 Å². The maximum atomic E-state index is 13.1. The smallest absolute Gasteiger partial charge is 0.407 e. The number of hydrogen-bond donors (Lipinski definition) is 1. The number of benzene rings is 1. The molecule has 41 heavy (non-hydrogen) atoms. The fourth-order valence-electron chi connectivity index (χ4n) is 5.20. The summed E-state index contributed by atoms with van der Waals surface area (Å²) in [7, 11) is -5.51. The van der Waals surface area contributed by atoms with E-state index in [0.29, 0.717) is 48.9 Å². The quantitative estimate of drug-likeness (QED) is 0.369. The Balaban J connectivity index is 1.43. The lowest BCUT2D eigenvalue weighted by atomic mass is 9.91. The highest BCUT2D eigenvalue weighted by atomic mass is 32.2. The van der Waals surface area contributed by atoms with Gasteiger partial charge >= 0.3 is 6.09 Å². The highest BCUT2D eigenvalue weighted by molar-refractivity contribution is 7.91. The van der Waals surface area contributed by atoms with Crippen LogP contribution in [0.2, 0.25) is 18.1 Å². The van der Waals surface area contributed by atoms with E-state index in [0.717, 1.165) is 11.3 Å². The van der Waals surface area contributed by atoms with E-state index in [1.165, 1.54) is 11.2 Å². The van der Waals surface area contributed by atoms with Gasteiger partial charge in [0.2, 0.25) is 5.88 Å². The van der Waals surface area contributed by atoms with E-state index in [-0.39, 0.29) is 35.5 Å². The molecule has 2 atom stereocenters. The van der Waals surface area contributed by atoms with E-state index < -0.39 is 24.2 Å². The number of fused-ring (bicyclic) bond motifs is 1. The zero-order valence-electron chi connectivity index (χ0n) is 25.3. The SMILES string of the molecule is CC(C)C1CC(Oc2cc(N3CCc4cc(S(=O)(=O)CCO[Si](C)(C)C(C)(C)C)ccc43)ncn2)CCN1C(=O)O. The van der Waals surface area contributed by atoms with E-state index >= 15 is 0 Å². The Labute approximate surface area is 245 Å². The molecule has 1 aromatic heterocycles. The van der Waals surface area contributed by atoms with Gasteiger partial charge in [0, 0.05) is 50.3 Å². The minimum Gasteiger partial charge on any atom is -0.474 e. The van der Waals surface area contributed by atoms with Crippen LogP contribution in [-0.2, 0) is 20.7 Å². The minimum atomic E-state index is -3.48. The maximum absolute atomic E-state index is 13.1. The van der Waals surface area contributed by atoms with Crippen LogP contribution < -0.4 is 9.64 Å². The molecule has 3 heterocycles. The normalized spacial score (nSPS) is 19.9. The van der Waals surface area contributed by atoms with Gasteiger partial charge in [-0.3, -0.25) is 0 Å². The van der Waals surface area contributed by atoms with Crippen molar-refractivity contribution in [1.82, 2.24) is 14.9 Å². The molecule has 1 aromatic carbocycles. The molecule has 0 radical (unpaired) electrons. The molecule has 4 rings (SSSR count). The molecule has 2 aromatic rings. The van der Waals surface area contributed by atoms with Gasteiger partial charge in [-0.2, -0.15) is 0 Å². The van der Waals surface area contributed by atoms with Crippen LogP contribution in [0, 0.1) is 5.92 Å². The third kappa shape index (κ3) is 7.03. The predicted molar refractivity (Wildman–Crippen MR) is 161 cm³/mol. The van der Waals surface area contributed by atoms with Gasteiger partial charge in [-0.1, -0.05) is 34.6 Å². The highest BCUT2D eigenvalue weighted by Gasteiger charge is 2.38. The van der Waals surface area contributed by atoms with Crippen molar-refractivity contribution in [2.24, 2.45) is 5.92 Å². The number of anilines is 2. The Morgan fingerprint density at radius 3 is 2.56 bits per heavy atom. The molecule has 226 valence electrons. The first kappa shape index (κ1) is 31.2. The van der Waals surface area contributed by atoms with Crippen molar-refractivity contribution in [2.75, 3.05) is 30.3 Å². The van der Waals surface area contributed by atoms with Crippen LogP contribution in [0.3, 0.4) is 0 Å². The van der Waals surface area contributed by atoms with Gasteiger partial charge in [-0.25, -0.2) is 23.2 Å². The average Bonchev–Trinajstić information content (AvgIpc) is 3.31. The van der Waals surface area contributed by atoms with E-state index in [1.54, 1.807) is 18.2 Å². The van der Waals surface area contributed by atoms with Gasteiger partial charge in [0.05, 0.1) is 10.6 Å². The molecule has 2 aliphatic rings. The molecule has 0 saturated carbocycles. The summed E-state index contributed by atoms with van der Waals surface area (Å²) in [4.78, 5) is 24.3. The zero-order chi connectivity index (χ0) is 30.2. The molecular weight excluding hydrogens is 560 g/mol. The Hall–Kier alpha value is -2.70. The lowest BCUT2D eigenvalue weighted by Crippen LogP contribution is -2.50. The lowest BCUT2D eigenvalue weighted by molar-refractivity contribution is 0.0364. The summed E-state index contributed by atoms with van der Waals surface area (Å²) < 4.78 is 38.6. The van der Waals surface area contributed by atoms with Crippen LogP contribution in [0.4, 0.5) is 16.3 Å². The molecule has 1 N–H and O–H groups in total. The largest absolute Gasteiger partial charge is 0.474 e. The summed E-state index contributed by atoms with van der Waals surface area (Å²) in [5.41, 5.74) is 1.87. The van der Waals surface area contributed by atoms with E-state index in [9.17, 15) is 18.3 Å². The van der Waals surface area contributed by atoms with Gasteiger partial charge < -0.3 is 24.1 Å². The first-order chi connectivity index (χ1) is 19.1. The summed E-state index contributed by atoms with van der Waals surface area (Å²) in [5, 5.41) is 9.57. The predicted octanol–water partition coefficient (Wildman–Crippen LogP) is 5.51. The number of amides is 1. The molecule has 1 amide bonds. The molecule has 1 fully saturated rings. The van der Waals surface area contributed by atoms with Gasteiger partial charge in [0.25, 0.3) is 0 Å². The molecule has 2 aliphatic heterocycles. The molecule has 0 aliphatic carbocycles. The van der Waals surface area contributed by atoms with Crippen LogP contribution >= 0.6 is 0 Å². The topological polar surface area (TPSA) is 122 Å². The van der Waals surface area contributed by atoms with E-state index in [2.05, 4.69) is 43.8 Å². The number of likely N-dealkylation sites (tertiary alicyclic amines) is 1. The first-order valence-corrected chi connectivity index (χ1v) is 18.9. The standard InChI is InChI=1S/C29H44N4O6SSi/c1-20(2)25-17-22(11-13-33(25)28(34)35)39-27-18-26(30-19-31-27)32-12-10-21-16-23(8-9-24(21)32)40(36,37)15-14-38-41(6,7)29(3,4)5/h8-9,16,18-20,22,25H,10-15,17H2,1-7H3,(H,34,35). The number of ether oxygens (including phenoxy) is 1. The zero-order valence-corrected chi connectivity index (χ0v) is 27.1.